The summed E-state index contributed by atoms with van der Waals surface area (Å²) in [5.74, 6) is 0. The van der Waals surface area contributed by atoms with E-state index in [-0.39, 0.29) is 0 Å². The quantitative estimate of drug-likeness (QED) is 0.755. The second-order valence-corrected chi connectivity index (χ2v) is 4.71. The van der Waals surface area contributed by atoms with Crippen molar-refractivity contribution in [2.45, 2.75) is 40.2 Å². The normalized spacial score (nSPS) is 12.4. The number of rotatable bonds is 7. The molecule has 1 aromatic carbocycles. The van der Waals surface area contributed by atoms with Crippen molar-refractivity contribution in [2.24, 2.45) is 0 Å². The average Bonchev–Trinajstić information content (AvgIpc) is 2.38. The Kier molecular flexibility index (Phi) is 5.99. The van der Waals surface area contributed by atoms with Crippen LogP contribution >= 0.6 is 0 Å². The first-order valence-corrected chi connectivity index (χ1v) is 6.81. The average molecular weight is 250 g/mol. The summed E-state index contributed by atoms with van der Waals surface area (Å²) >= 11 is 0. The van der Waals surface area contributed by atoms with Crippen molar-refractivity contribution in [3.05, 3.63) is 23.8 Å². The summed E-state index contributed by atoms with van der Waals surface area (Å²) in [6.07, 6.45) is 1.41. The van der Waals surface area contributed by atoms with Crippen LogP contribution in [0.25, 0.3) is 0 Å². The molecular formula is C15H26N2O. The van der Waals surface area contributed by atoms with Gasteiger partial charge in [0.15, 0.2) is 0 Å². The molecule has 0 saturated heterocycles. The maximum Gasteiger partial charge on any atom is 0.0645 e. The molecule has 3 heteroatoms. The van der Waals surface area contributed by atoms with Crippen molar-refractivity contribution < 1.29 is 4.74 Å². The Labute approximate surface area is 111 Å². The lowest BCUT2D eigenvalue weighted by Crippen LogP contribution is -2.28. The molecule has 0 spiro atoms. The van der Waals surface area contributed by atoms with Crippen molar-refractivity contribution in [3.8, 4) is 0 Å². The zero-order chi connectivity index (χ0) is 13.5. The molecule has 0 saturated carbocycles. The van der Waals surface area contributed by atoms with Gasteiger partial charge in [0.25, 0.3) is 0 Å². The van der Waals surface area contributed by atoms with Crippen molar-refractivity contribution in [3.63, 3.8) is 0 Å². The zero-order valence-corrected chi connectivity index (χ0v) is 12.1. The van der Waals surface area contributed by atoms with Crippen molar-refractivity contribution in [2.75, 3.05) is 30.3 Å². The molecule has 0 bridgehead atoms. The van der Waals surface area contributed by atoms with Crippen molar-refractivity contribution in [1.82, 2.24) is 0 Å². The van der Waals surface area contributed by atoms with Crippen molar-refractivity contribution in [1.29, 1.82) is 0 Å². The highest BCUT2D eigenvalue weighted by molar-refractivity contribution is 5.57. The van der Waals surface area contributed by atoms with Gasteiger partial charge in [0.05, 0.1) is 12.7 Å². The first-order chi connectivity index (χ1) is 8.58. The van der Waals surface area contributed by atoms with Crippen LogP contribution in [0.3, 0.4) is 0 Å². The third-order valence-electron chi connectivity index (χ3n) is 3.34. The van der Waals surface area contributed by atoms with Gasteiger partial charge in [-0.05, 0) is 51.0 Å². The van der Waals surface area contributed by atoms with Crippen LogP contribution in [0.4, 0.5) is 11.4 Å². The highest BCUT2D eigenvalue weighted by atomic mass is 16.5. The monoisotopic (exact) mass is 250 g/mol. The van der Waals surface area contributed by atoms with Gasteiger partial charge >= 0.3 is 0 Å². The fourth-order valence-electron chi connectivity index (χ4n) is 1.81. The topological polar surface area (TPSA) is 38.5 Å². The number of likely N-dealkylation sites (N-methyl/N-ethyl adjacent to an activating group) is 1. The molecule has 102 valence electrons. The van der Waals surface area contributed by atoms with Crippen LogP contribution < -0.4 is 10.6 Å². The molecule has 18 heavy (non-hydrogen) atoms. The van der Waals surface area contributed by atoms with Gasteiger partial charge in [-0.25, -0.2) is 0 Å². The third-order valence-corrected chi connectivity index (χ3v) is 3.34. The third kappa shape index (κ3) is 4.22. The first kappa shape index (κ1) is 14.8. The largest absolute Gasteiger partial charge is 0.399 e. The number of nitrogens with two attached hydrogens (primary N) is 1. The van der Waals surface area contributed by atoms with Gasteiger partial charge in [0.1, 0.15) is 0 Å². The number of hydrogen-bond acceptors (Lipinski definition) is 3. The van der Waals surface area contributed by atoms with E-state index < -0.39 is 0 Å². The summed E-state index contributed by atoms with van der Waals surface area (Å²) in [5, 5.41) is 0. The van der Waals surface area contributed by atoms with E-state index in [0.29, 0.717) is 6.10 Å². The maximum absolute atomic E-state index is 5.84. The molecule has 1 atom stereocenters. The number of nitrogens with zero attached hydrogens (tertiary/aromatic N) is 1. The molecule has 0 amide bonds. The Morgan fingerprint density at radius 1 is 1.33 bits per heavy atom. The van der Waals surface area contributed by atoms with E-state index in [4.69, 9.17) is 10.5 Å². The number of hydrogen-bond donors (Lipinski definition) is 1. The van der Waals surface area contributed by atoms with E-state index >= 15 is 0 Å². The molecule has 0 aliphatic heterocycles. The maximum atomic E-state index is 5.84. The molecular weight excluding hydrogens is 224 g/mol. The van der Waals surface area contributed by atoms with Gasteiger partial charge in [-0.3, -0.25) is 0 Å². The Morgan fingerprint density at radius 2 is 2.06 bits per heavy atom. The van der Waals surface area contributed by atoms with Gasteiger partial charge in [0, 0.05) is 24.5 Å². The number of ether oxygens (including phenoxy) is 1. The minimum absolute atomic E-state index is 0.344. The molecule has 1 rings (SSSR count). The summed E-state index contributed by atoms with van der Waals surface area (Å²) in [4.78, 5) is 2.31. The summed E-state index contributed by atoms with van der Waals surface area (Å²) < 4.78 is 5.73. The predicted octanol–water partition coefficient (Wildman–Crippen LogP) is 3.22. The molecule has 2 N–H and O–H groups in total. The molecule has 0 fully saturated rings. The molecule has 0 aliphatic carbocycles. The Balaban J connectivity index is 2.57. The summed E-state index contributed by atoms with van der Waals surface area (Å²) in [6.45, 7) is 11.1. The lowest BCUT2D eigenvalue weighted by Gasteiger charge is -2.24. The second kappa shape index (κ2) is 7.27. The minimum Gasteiger partial charge on any atom is -0.399 e. The van der Waals surface area contributed by atoms with Crippen LogP contribution in [0.1, 0.15) is 32.8 Å². The van der Waals surface area contributed by atoms with Crippen LogP contribution in [0.5, 0.6) is 0 Å². The summed E-state index contributed by atoms with van der Waals surface area (Å²) in [6, 6.07) is 6.19. The SMILES string of the molecule is CCC(C)OCCN(CC)c1ccc(N)c(C)c1. The molecule has 0 heterocycles. The highest BCUT2D eigenvalue weighted by Gasteiger charge is 2.06. The zero-order valence-electron chi connectivity index (χ0n) is 12.1. The van der Waals surface area contributed by atoms with Crippen molar-refractivity contribution >= 4 is 11.4 Å². The van der Waals surface area contributed by atoms with Crippen LogP contribution in [0.2, 0.25) is 0 Å². The predicted molar refractivity (Wildman–Crippen MR) is 79.2 cm³/mol. The fourth-order valence-corrected chi connectivity index (χ4v) is 1.81. The molecule has 0 aromatic heterocycles. The fraction of sp³-hybridized carbons (Fsp3) is 0.600. The molecule has 0 radical (unpaired) electrons. The van der Waals surface area contributed by atoms with E-state index in [0.717, 1.165) is 37.4 Å². The van der Waals surface area contributed by atoms with Crippen LogP contribution in [0, 0.1) is 6.92 Å². The molecule has 3 nitrogen and oxygen atoms in total. The van der Waals surface area contributed by atoms with E-state index in [1.165, 1.54) is 5.69 Å². The van der Waals surface area contributed by atoms with Gasteiger partial charge in [-0.2, -0.15) is 0 Å². The van der Waals surface area contributed by atoms with Gasteiger partial charge in [0.2, 0.25) is 0 Å². The van der Waals surface area contributed by atoms with E-state index in [1.807, 2.05) is 13.0 Å². The first-order valence-electron chi connectivity index (χ1n) is 6.81. The van der Waals surface area contributed by atoms with Gasteiger partial charge < -0.3 is 15.4 Å². The highest BCUT2D eigenvalue weighted by Crippen LogP contribution is 2.20. The molecule has 0 aliphatic rings. The van der Waals surface area contributed by atoms with Crippen LogP contribution in [-0.2, 0) is 4.74 Å². The smallest absolute Gasteiger partial charge is 0.0645 e. The summed E-state index contributed by atoms with van der Waals surface area (Å²) in [7, 11) is 0. The van der Waals surface area contributed by atoms with E-state index in [9.17, 15) is 0 Å². The lowest BCUT2D eigenvalue weighted by atomic mass is 10.1. The number of benzene rings is 1. The number of aryl methyl sites for hydroxylation is 1. The van der Waals surface area contributed by atoms with Gasteiger partial charge in [-0.1, -0.05) is 6.92 Å². The van der Waals surface area contributed by atoms with Crippen LogP contribution in [-0.4, -0.2) is 25.8 Å². The standard InChI is InChI=1S/C15H26N2O/c1-5-13(4)18-10-9-17(6-2)14-7-8-15(16)12(3)11-14/h7-8,11,13H,5-6,9-10,16H2,1-4H3. The number of anilines is 2. The molecule has 1 aromatic rings. The van der Waals surface area contributed by atoms with Gasteiger partial charge in [-0.15, -0.1) is 0 Å². The summed E-state index contributed by atoms with van der Waals surface area (Å²) in [5.41, 5.74) is 9.05. The Bertz CT molecular complexity index is 366. The number of nitrogen functional groups attached to an aromatic ring is 1. The Hall–Kier alpha value is -1.22. The Morgan fingerprint density at radius 3 is 2.61 bits per heavy atom. The lowest BCUT2D eigenvalue weighted by molar-refractivity contribution is 0.0686. The van der Waals surface area contributed by atoms with Crippen LogP contribution in [0.15, 0.2) is 18.2 Å². The molecule has 1 unspecified atom stereocenters. The second-order valence-electron chi connectivity index (χ2n) is 4.71. The minimum atomic E-state index is 0.344. The van der Waals surface area contributed by atoms with E-state index in [2.05, 4.69) is 37.8 Å². The van der Waals surface area contributed by atoms with E-state index in [1.54, 1.807) is 0 Å².